The van der Waals surface area contributed by atoms with Crippen LogP contribution in [-0.2, 0) is 6.54 Å². The first-order valence-corrected chi connectivity index (χ1v) is 5.51. The summed E-state index contributed by atoms with van der Waals surface area (Å²) in [4.78, 5) is 10.2. The van der Waals surface area contributed by atoms with Gasteiger partial charge in [-0.25, -0.2) is 4.68 Å². The van der Waals surface area contributed by atoms with Gasteiger partial charge >= 0.3 is 5.69 Å². The van der Waals surface area contributed by atoms with Crippen molar-refractivity contribution in [1.29, 1.82) is 0 Å². The van der Waals surface area contributed by atoms with Gasteiger partial charge in [0.2, 0.25) is 5.82 Å². The Morgan fingerprint density at radius 3 is 2.50 bits per heavy atom. The van der Waals surface area contributed by atoms with Gasteiger partial charge in [-0.1, -0.05) is 18.2 Å². The molecule has 6 heteroatoms. The number of rotatable bonds is 3. The van der Waals surface area contributed by atoms with Gasteiger partial charge < -0.3 is 5.73 Å². The summed E-state index contributed by atoms with van der Waals surface area (Å²) in [5, 5.41) is 14.7. The molecule has 0 saturated heterocycles. The van der Waals surface area contributed by atoms with E-state index in [0.717, 1.165) is 16.7 Å². The summed E-state index contributed by atoms with van der Waals surface area (Å²) in [7, 11) is 0. The third-order valence-corrected chi connectivity index (χ3v) is 3.01. The lowest BCUT2D eigenvalue weighted by atomic mass is 10.0. The molecule has 6 nitrogen and oxygen atoms in total. The molecule has 0 radical (unpaired) electrons. The van der Waals surface area contributed by atoms with Gasteiger partial charge in [0.25, 0.3) is 0 Å². The lowest BCUT2D eigenvalue weighted by Gasteiger charge is -2.10. The fourth-order valence-electron chi connectivity index (χ4n) is 1.90. The third-order valence-electron chi connectivity index (χ3n) is 3.01. The molecule has 1 aromatic heterocycles. The number of nitrogen functional groups attached to an aromatic ring is 1. The Labute approximate surface area is 104 Å². The molecule has 1 aromatic carbocycles. The minimum atomic E-state index is -0.524. The Hall–Kier alpha value is -2.37. The summed E-state index contributed by atoms with van der Waals surface area (Å²) in [5.74, 6) is 0.0858. The van der Waals surface area contributed by atoms with Crippen LogP contribution in [0.1, 0.15) is 16.7 Å². The van der Waals surface area contributed by atoms with Crippen molar-refractivity contribution in [3.05, 3.63) is 51.2 Å². The van der Waals surface area contributed by atoms with Crippen LogP contribution >= 0.6 is 0 Å². The molecule has 0 fully saturated rings. The summed E-state index contributed by atoms with van der Waals surface area (Å²) < 4.78 is 1.45. The van der Waals surface area contributed by atoms with Gasteiger partial charge in [0.1, 0.15) is 6.20 Å². The highest BCUT2D eigenvalue weighted by molar-refractivity contribution is 5.51. The molecular formula is C12H14N4O2. The maximum Gasteiger partial charge on any atom is 0.330 e. The van der Waals surface area contributed by atoms with Crippen molar-refractivity contribution in [3.8, 4) is 0 Å². The Morgan fingerprint density at radius 1 is 1.39 bits per heavy atom. The molecule has 0 spiro atoms. The maximum absolute atomic E-state index is 10.7. The number of anilines is 1. The summed E-state index contributed by atoms with van der Waals surface area (Å²) in [6, 6.07) is 5.97. The number of nitrogens with zero attached hydrogens (tertiary/aromatic N) is 3. The van der Waals surface area contributed by atoms with E-state index in [1.807, 2.05) is 32.0 Å². The topological polar surface area (TPSA) is 87.0 Å². The molecule has 0 amide bonds. The minimum Gasteiger partial charge on any atom is -0.378 e. The molecule has 0 atom stereocenters. The van der Waals surface area contributed by atoms with Gasteiger partial charge in [-0.05, 0) is 30.5 Å². The second-order valence-corrected chi connectivity index (χ2v) is 4.20. The van der Waals surface area contributed by atoms with Gasteiger partial charge in [0.05, 0.1) is 11.5 Å². The zero-order chi connectivity index (χ0) is 13.3. The lowest BCUT2D eigenvalue weighted by molar-refractivity contribution is -0.384. The largest absolute Gasteiger partial charge is 0.378 e. The highest BCUT2D eigenvalue weighted by Crippen LogP contribution is 2.22. The summed E-state index contributed by atoms with van der Waals surface area (Å²) in [6.07, 6.45) is 1.18. The highest BCUT2D eigenvalue weighted by Gasteiger charge is 2.18. The number of nitro groups is 1. The van der Waals surface area contributed by atoms with Crippen LogP contribution in [0.2, 0.25) is 0 Å². The molecule has 1 heterocycles. The molecular weight excluding hydrogens is 232 g/mol. The summed E-state index contributed by atoms with van der Waals surface area (Å²) in [5.41, 5.74) is 8.88. The highest BCUT2D eigenvalue weighted by atomic mass is 16.6. The molecule has 0 aliphatic heterocycles. The average molecular weight is 246 g/mol. The molecule has 0 aliphatic rings. The number of nitrogens with two attached hydrogens (primary N) is 1. The van der Waals surface area contributed by atoms with E-state index < -0.39 is 4.92 Å². The standard InChI is InChI=1S/C12H14N4O2/c1-8-4-3-5-9(2)10(8)7-15-12(13)11(6-14-15)16(17)18/h3-6H,7,13H2,1-2H3. The van der Waals surface area contributed by atoms with E-state index in [0.29, 0.717) is 6.54 Å². The molecule has 2 aromatic rings. The van der Waals surface area contributed by atoms with E-state index in [1.54, 1.807) is 0 Å². The van der Waals surface area contributed by atoms with Crippen LogP contribution in [0.25, 0.3) is 0 Å². The monoisotopic (exact) mass is 246 g/mol. The van der Waals surface area contributed by atoms with Crippen molar-refractivity contribution >= 4 is 11.5 Å². The number of benzene rings is 1. The zero-order valence-electron chi connectivity index (χ0n) is 10.3. The van der Waals surface area contributed by atoms with E-state index in [2.05, 4.69) is 5.10 Å². The first kappa shape index (κ1) is 12.1. The van der Waals surface area contributed by atoms with Gasteiger partial charge in [-0.15, -0.1) is 0 Å². The number of hydrogen-bond donors (Lipinski definition) is 1. The molecule has 0 unspecified atom stereocenters. The normalized spacial score (nSPS) is 10.6. The van der Waals surface area contributed by atoms with Crippen LogP contribution in [0.5, 0.6) is 0 Å². The third kappa shape index (κ3) is 2.04. The van der Waals surface area contributed by atoms with Crippen LogP contribution in [-0.4, -0.2) is 14.7 Å². The molecule has 2 N–H and O–H groups in total. The van der Waals surface area contributed by atoms with Crippen LogP contribution < -0.4 is 5.73 Å². The number of aryl methyl sites for hydroxylation is 2. The molecule has 94 valence electrons. The minimum absolute atomic E-state index is 0.0858. The first-order valence-electron chi connectivity index (χ1n) is 5.51. The van der Waals surface area contributed by atoms with E-state index in [1.165, 1.54) is 10.9 Å². The molecule has 18 heavy (non-hydrogen) atoms. The smallest absolute Gasteiger partial charge is 0.330 e. The summed E-state index contributed by atoms with van der Waals surface area (Å²) >= 11 is 0. The van der Waals surface area contributed by atoms with Crippen LogP contribution in [0, 0.1) is 24.0 Å². The van der Waals surface area contributed by atoms with Crippen molar-refractivity contribution in [2.75, 3.05) is 5.73 Å². The molecule has 0 bridgehead atoms. The van der Waals surface area contributed by atoms with Gasteiger partial charge in [-0.3, -0.25) is 10.1 Å². The molecule has 2 rings (SSSR count). The maximum atomic E-state index is 10.7. The molecule has 0 aliphatic carbocycles. The first-order chi connectivity index (χ1) is 8.50. The quantitative estimate of drug-likeness (QED) is 0.663. The van der Waals surface area contributed by atoms with Crippen molar-refractivity contribution in [1.82, 2.24) is 9.78 Å². The number of aromatic nitrogens is 2. The molecule has 0 saturated carbocycles. The SMILES string of the molecule is Cc1cccc(C)c1Cn1ncc([N+](=O)[O-])c1N. The van der Waals surface area contributed by atoms with Crippen molar-refractivity contribution in [2.24, 2.45) is 0 Å². The Balaban J connectivity index is 2.38. The summed E-state index contributed by atoms with van der Waals surface area (Å²) in [6.45, 7) is 4.44. The van der Waals surface area contributed by atoms with Crippen LogP contribution in [0.4, 0.5) is 11.5 Å². The van der Waals surface area contributed by atoms with E-state index >= 15 is 0 Å². The van der Waals surface area contributed by atoms with Crippen molar-refractivity contribution in [2.45, 2.75) is 20.4 Å². The van der Waals surface area contributed by atoms with Crippen LogP contribution in [0.15, 0.2) is 24.4 Å². The van der Waals surface area contributed by atoms with Crippen molar-refractivity contribution in [3.63, 3.8) is 0 Å². The van der Waals surface area contributed by atoms with E-state index in [4.69, 9.17) is 5.73 Å². The number of hydrogen-bond acceptors (Lipinski definition) is 4. The lowest BCUT2D eigenvalue weighted by Crippen LogP contribution is -2.08. The van der Waals surface area contributed by atoms with Gasteiger partial charge in [-0.2, -0.15) is 5.10 Å². The fraction of sp³-hybridized carbons (Fsp3) is 0.250. The van der Waals surface area contributed by atoms with Gasteiger partial charge in [0, 0.05) is 0 Å². The predicted molar refractivity (Wildman–Crippen MR) is 68.3 cm³/mol. The fourth-order valence-corrected chi connectivity index (χ4v) is 1.90. The Kier molecular flexibility index (Phi) is 3.01. The zero-order valence-corrected chi connectivity index (χ0v) is 10.3. The van der Waals surface area contributed by atoms with E-state index in [9.17, 15) is 10.1 Å². The van der Waals surface area contributed by atoms with Crippen molar-refractivity contribution < 1.29 is 4.92 Å². The van der Waals surface area contributed by atoms with E-state index in [-0.39, 0.29) is 11.5 Å². The Bertz CT molecular complexity index is 584. The Morgan fingerprint density at radius 2 is 2.00 bits per heavy atom. The van der Waals surface area contributed by atoms with Crippen LogP contribution in [0.3, 0.4) is 0 Å². The second kappa shape index (κ2) is 4.48. The predicted octanol–water partition coefficient (Wildman–Crippen LogP) is 2.04. The van der Waals surface area contributed by atoms with Gasteiger partial charge in [0.15, 0.2) is 0 Å². The average Bonchev–Trinajstić information content (AvgIpc) is 2.66. The second-order valence-electron chi connectivity index (χ2n) is 4.20.